The van der Waals surface area contributed by atoms with Crippen LogP contribution in [0.2, 0.25) is 0 Å². The molecule has 0 bridgehead atoms. The summed E-state index contributed by atoms with van der Waals surface area (Å²) in [5.74, 6) is 2.42. The standard InChI is InChI=1S/C28H37NO/c1-2-23-8-10-24(11-9-23)25-12-14-26(15-13-25)27-16-19-28(22-30,20-17-27)18-6-4-3-5-7-21-29/h3-5,7-11,22,25-27H,2,6,12-20H2,1H3. The third-order valence-corrected chi connectivity index (χ3v) is 7.80. The summed E-state index contributed by atoms with van der Waals surface area (Å²) >= 11 is 0. The molecule has 0 spiro atoms. The predicted molar refractivity (Wildman–Crippen MR) is 124 cm³/mol. The number of hydrogen-bond acceptors (Lipinski definition) is 2. The van der Waals surface area contributed by atoms with E-state index >= 15 is 0 Å². The molecule has 30 heavy (non-hydrogen) atoms. The van der Waals surface area contributed by atoms with Gasteiger partial charge in [0.25, 0.3) is 0 Å². The van der Waals surface area contributed by atoms with Crippen LogP contribution in [0.5, 0.6) is 0 Å². The maximum absolute atomic E-state index is 11.9. The number of aryl methyl sites for hydroxylation is 1. The Morgan fingerprint density at radius 3 is 2.27 bits per heavy atom. The van der Waals surface area contributed by atoms with E-state index in [9.17, 15) is 4.79 Å². The molecule has 1 aromatic carbocycles. The van der Waals surface area contributed by atoms with Crippen molar-refractivity contribution in [2.24, 2.45) is 17.3 Å². The minimum absolute atomic E-state index is 0.113. The molecular weight excluding hydrogens is 366 g/mol. The molecule has 0 saturated heterocycles. The van der Waals surface area contributed by atoms with Gasteiger partial charge in [0.2, 0.25) is 0 Å². The molecule has 0 unspecified atom stereocenters. The van der Waals surface area contributed by atoms with Crippen molar-refractivity contribution in [2.75, 3.05) is 0 Å². The number of aldehydes is 1. The average molecular weight is 404 g/mol. The van der Waals surface area contributed by atoms with E-state index in [4.69, 9.17) is 5.26 Å². The minimum atomic E-state index is -0.113. The monoisotopic (exact) mass is 403 g/mol. The minimum Gasteiger partial charge on any atom is -0.303 e. The fourth-order valence-corrected chi connectivity index (χ4v) is 5.71. The average Bonchev–Trinajstić information content (AvgIpc) is 2.82. The van der Waals surface area contributed by atoms with E-state index < -0.39 is 0 Å². The number of nitriles is 1. The molecular formula is C28H37NO. The molecule has 0 N–H and O–H groups in total. The second-order valence-corrected chi connectivity index (χ2v) is 9.48. The van der Waals surface area contributed by atoms with E-state index in [1.165, 1.54) is 62.0 Å². The summed E-state index contributed by atoms with van der Waals surface area (Å²) in [6.45, 7) is 2.22. The number of allylic oxidation sites excluding steroid dienone is 4. The number of rotatable bonds is 8. The zero-order chi connectivity index (χ0) is 21.2. The summed E-state index contributed by atoms with van der Waals surface area (Å²) in [6.07, 6.45) is 21.4. The van der Waals surface area contributed by atoms with Gasteiger partial charge in [-0.15, -0.1) is 0 Å². The first kappa shape index (κ1) is 22.5. The fraction of sp³-hybridized carbons (Fsp3) is 0.571. The lowest BCUT2D eigenvalue weighted by Gasteiger charge is -2.41. The van der Waals surface area contributed by atoms with Crippen molar-refractivity contribution in [3.05, 3.63) is 59.7 Å². The van der Waals surface area contributed by atoms with Gasteiger partial charge >= 0.3 is 0 Å². The largest absolute Gasteiger partial charge is 0.303 e. The zero-order valence-corrected chi connectivity index (χ0v) is 18.6. The Bertz CT molecular complexity index is 751. The van der Waals surface area contributed by atoms with Crippen LogP contribution in [0.3, 0.4) is 0 Å². The van der Waals surface area contributed by atoms with Gasteiger partial charge in [-0.1, -0.05) is 49.4 Å². The Hall–Kier alpha value is -2.14. The molecule has 0 radical (unpaired) electrons. The molecule has 2 aliphatic carbocycles. The van der Waals surface area contributed by atoms with Crippen molar-refractivity contribution in [2.45, 2.75) is 83.5 Å². The van der Waals surface area contributed by atoms with E-state index in [1.807, 2.05) is 12.1 Å². The number of nitrogens with zero attached hydrogens (tertiary/aromatic N) is 1. The molecule has 2 saturated carbocycles. The van der Waals surface area contributed by atoms with Crippen LogP contribution in [0.4, 0.5) is 0 Å². The highest BCUT2D eigenvalue weighted by molar-refractivity contribution is 5.59. The normalized spacial score (nSPS) is 29.8. The van der Waals surface area contributed by atoms with E-state index in [0.29, 0.717) is 0 Å². The lowest BCUT2D eigenvalue weighted by atomic mass is 9.63. The van der Waals surface area contributed by atoms with Gasteiger partial charge in [-0.2, -0.15) is 5.26 Å². The second-order valence-electron chi connectivity index (χ2n) is 9.48. The molecule has 2 aliphatic rings. The highest BCUT2D eigenvalue weighted by Crippen LogP contribution is 2.47. The van der Waals surface area contributed by atoms with Crippen molar-refractivity contribution < 1.29 is 4.79 Å². The van der Waals surface area contributed by atoms with Crippen LogP contribution in [0.15, 0.2) is 48.6 Å². The summed E-state index contributed by atoms with van der Waals surface area (Å²) in [7, 11) is 0. The van der Waals surface area contributed by atoms with Crippen LogP contribution in [-0.4, -0.2) is 6.29 Å². The van der Waals surface area contributed by atoms with Crippen molar-refractivity contribution in [1.29, 1.82) is 5.26 Å². The first-order chi connectivity index (χ1) is 14.7. The molecule has 0 atom stereocenters. The third-order valence-electron chi connectivity index (χ3n) is 7.80. The van der Waals surface area contributed by atoms with E-state index in [-0.39, 0.29) is 5.41 Å². The summed E-state index contributed by atoms with van der Waals surface area (Å²) < 4.78 is 0. The topological polar surface area (TPSA) is 40.9 Å². The Balaban J connectivity index is 1.44. The number of hydrogen-bond donors (Lipinski definition) is 0. The van der Waals surface area contributed by atoms with Crippen molar-refractivity contribution in [3.63, 3.8) is 0 Å². The highest BCUT2D eigenvalue weighted by atomic mass is 16.1. The van der Waals surface area contributed by atoms with Gasteiger partial charge < -0.3 is 4.79 Å². The van der Waals surface area contributed by atoms with E-state index in [1.54, 1.807) is 6.08 Å². The maximum Gasteiger partial charge on any atom is 0.126 e. The van der Waals surface area contributed by atoms with Crippen molar-refractivity contribution in [1.82, 2.24) is 0 Å². The molecule has 2 heteroatoms. The van der Waals surface area contributed by atoms with E-state index in [2.05, 4.69) is 37.3 Å². The van der Waals surface area contributed by atoms with Crippen molar-refractivity contribution in [3.8, 4) is 6.07 Å². The molecule has 2 fully saturated rings. The lowest BCUT2D eigenvalue weighted by Crippen LogP contribution is -2.32. The van der Waals surface area contributed by atoms with Gasteiger partial charge in [0.05, 0.1) is 6.07 Å². The number of carbonyl (C=O) groups excluding carboxylic acids is 1. The number of benzene rings is 1. The second kappa shape index (κ2) is 11.3. The van der Waals surface area contributed by atoms with Crippen LogP contribution >= 0.6 is 0 Å². The lowest BCUT2D eigenvalue weighted by molar-refractivity contribution is -0.119. The fourth-order valence-electron chi connectivity index (χ4n) is 5.71. The molecule has 0 amide bonds. The zero-order valence-electron chi connectivity index (χ0n) is 18.6. The van der Waals surface area contributed by atoms with Gasteiger partial charge in [0.1, 0.15) is 6.29 Å². The first-order valence-electron chi connectivity index (χ1n) is 12.0. The molecule has 1 aromatic rings. The van der Waals surface area contributed by atoms with Crippen LogP contribution in [0, 0.1) is 28.6 Å². The summed E-state index contributed by atoms with van der Waals surface area (Å²) in [5, 5.41) is 8.51. The predicted octanol–water partition coefficient (Wildman–Crippen LogP) is 7.31. The molecule has 2 nitrogen and oxygen atoms in total. The SMILES string of the molecule is CCc1ccc(C2CCC(C3CCC(C=O)(CCC=CC=CC#N)CC3)CC2)cc1. The summed E-state index contributed by atoms with van der Waals surface area (Å²) in [6, 6.07) is 11.3. The Kier molecular flexibility index (Phi) is 8.50. The highest BCUT2D eigenvalue weighted by Gasteiger charge is 2.38. The smallest absolute Gasteiger partial charge is 0.126 e. The van der Waals surface area contributed by atoms with Crippen LogP contribution in [-0.2, 0) is 11.2 Å². The molecule has 3 rings (SSSR count). The van der Waals surface area contributed by atoms with Crippen LogP contribution in [0.25, 0.3) is 0 Å². The van der Waals surface area contributed by atoms with Crippen LogP contribution in [0.1, 0.15) is 88.2 Å². The van der Waals surface area contributed by atoms with Gasteiger partial charge in [0.15, 0.2) is 0 Å². The summed E-state index contributed by atoms with van der Waals surface area (Å²) in [4.78, 5) is 11.9. The Morgan fingerprint density at radius 2 is 1.67 bits per heavy atom. The van der Waals surface area contributed by atoms with Gasteiger partial charge in [-0.3, -0.25) is 0 Å². The van der Waals surface area contributed by atoms with Gasteiger partial charge in [-0.05, 0) is 99.5 Å². The number of carbonyl (C=O) groups is 1. The maximum atomic E-state index is 11.9. The summed E-state index contributed by atoms with van der Waals surface area (Å²) in [5.41, 5.74) is 2.85. The van der Waals surface area contributed by atoms with E-state index in [0.717, 1.165) is 49.9 Å². The Morgan fingerprint density at radius 1 is 1.00 bits per heavy atom. The molecule has 0 aliphatic heterocycles. The van der Waals surface area contributed by atoms with Gasteiger partial charge in [-0.25, -0.2) is 0 Å². The quantitative estimate of drug-likeness (QED) is 0.259. The van der Waals surface area contributed by atoms with Gasteiger partial charge in [0, 0.05) is 11.5 Å². The molecule has 0 heterocycles. The molecule has 0 aromatic heterocycles. The first-order valence-corrected chi connectivity index (χ1v) is 12.0. The van der Waals surface area contributed by atoms with Crippen LogP contribution < -0.4 is 0 Å². The third kappa shape index (κ3) is 5.94. The molecule has 160 valence electrons. The Labute approximate surface area is 183 Å². The van der Waals surface area contributed by atoms with Crippen molar-refractivity contribution >= 4 is 6.29 Å².